The Bertz CT molecular complexity index is 1240. The van der Waals surface area contributed by atoms with Gasteiger partial charge in [-0.15, -0.1) is 0 Å². The van der Waals surface area contributed by atoms with Gasteiger partial charge in [-0.3, -0.25) is 9.59 Å². The van der Waals surface area contributed by atoms with Crippen LogP contribution >= 0.6 is 11.6 Å². The molecule has 0 saturated heterocycles. The summed E-state index contributed by atoms with van der Waals surface area (Å²) in [6, 6.07) is 23.2. The molecule has 2 amide bonds. The zero-order chi connectivity index (χ0) is 23.0. The quantitative estimate of drug-likeness (QED) is 0.356. The number of carbonyl (C=O) groups excluding carboxylic acids is 2. The van der Waals surface area contributed by atoms with E-state index < -0.39 is 0 Å². The van der Waals surface area contributed by atoms with E-state index in [1.165, 1.54) is 0 Å². The number of nitrogens with one attached hydrogen (secondary N) is 2. The number of aromatic nitrogens is 2. The average Bonchev–Trinajstić information content (AvgIpc) is 3.29. The highest BCUT2D eigenvalue weighted by Crippen LogP contribution is 2.20. The number of benzene rings is 3. The molecule has 1 heterocycles. The van der Waals surface area contributed by atoms with E-state index in [0.29, 0.717) is 46.5 Å². The van der Waals surface area contributed by atoms with Gasteiger partial charge in [-0.1, -0.05) is 47.1 Å². The van der Waals surface area contributed by atoms with E-state index in [1.807, 2.05) is 30.3 Å². The molecular formula is C25H21ClN4O3. The molecule has 1 aromatic heterocycles. The number of carbonyl (C=O) groups is 2. The fourth-order valence-electron chi connectivity index (χ4n) is 3.20. The third kappa shape index (κ3) is 6.05. The van der Waals surface area contributed by atoms with E-state index in [0.717, 1.165) is 5.56 Å². The fourth-order valence-corrected chi connectivity index (χ4v) is 3.32. The Morgan fingerprint density at radius 2 is 1.61 bits per heavy atom. The lowest BCUT2D eigenvalue weighted by Gasteiger charge is -2.11. The second-order valence-corrected chi connectivity index (χ2v) is 7.72. The Kier molecular flexibility index (Phi) is 7.12. The van der Waals surface area contributed by atoms with Crippen LogP contribution in [-0.2, 0) is 11.2 Å². The van der Waals surface area contributed by atoms with Crippen molar-refractivity contribution in [1.29, 1.82) is 0 Å². The van der Waals surface area contributed by atoms with Gasteiger partial charge in [0.05, 0.1) is 11.3 Å². The van der Waals surface area contributed by atoms with Crippen LogP contribution in [-0.4, -0.2) is 22.0 Å². The Morgan fingerprint density at radius 1 is 0.879 bits per heavy atom. The maximum atomic E-state index is 12.7. The number of aryl methyl sites for hydroxylation is 1. The van der Waals surface area contributed by atoms with Crippen LogP contribution in [0.1, 0.15) is 29.1 Å². The molecule has 33 heavy (non-hydrogen) atoms. The summed E-state index contributed by atoms with van der Waals surface area (Å²) in [6.45, 7) is 0. The van der Waals surface area contributed by atoms with Gasteiger partial charge in [0.15, 0.2) is 0 Å². The van der Waals surface area contributed by atoms with Crippen LogP contribution < -0.4 is 10.6 Å². The van der Waals surface area contributed by atoms with Gasteiger partial charge < -0.3 is 15.2 Å². The van der Waals surface area contributed by atoms with Crippen molar-refractivity contribution < 1.29 is 14.1 Å². The monoisotopic (exact) mass is 460 g/mol. The lowest BCUT2D eigenvalue weighted by atomic mass is 10.1. The fraction of sp³-hybridized carbons (Fsp3) is 0.120. The topological polar surface area (TPSA) is 97.1 Å². The largest absolute Gasteiger partial charge is 0.339 e. The number of para-hydroxylation sites is 2. The molecule has 166 valence electrons. The molecule has 0 bridgehead atoms. The molecule has 0 unspecified atom stereocenters. The first-order chi connectivity index (χ1) is 16.1. The smallest absolute Gasteiger partial charge is 0.257 e. The summed E-state index contributed by atoms with van der Waals surface area (Å²) in [6.07, 6.45) is 1.23. The Morgan fingerprint density at radius 3 is 2.39 bits per heavy atom. The van der Waals surface area contributed by atoms with Crippen molar-refractivity contribution >= 4 is 34.8 Å². The molecule has 0 saturated carbocycles. The molecule has 8 heteroatoms. The number of nitrogens with zero attached hydrogens (tertiary/aromatic N) is 2. The predicted octanol–water partition coefficient (Wildman–Crippen LogP) is 5.60. The third-order valence-corrected chi connectivity index (χ3v) is 5.09. The Hall–Kier alpha value is -3.97. The van der Waals surface area contributed by atoms with Crippen LogP contribution in [0.4, 0.5) is 11.4 Å². The van der Waals surface area contributed by atoms with Crippen LogP contribution in [0.2, 0.25) is 5.02 Å². The number of amides is 2. The van der Waals surface area contributed by atoms with Crippen molar-refractivity contribution in [2.75, 3.05) is 10.6 Å². The van der Waals surface area contributed by atoms with Crippen molar-refractivity contribution in [3.05, 3.63) is 95.3 Å². The van der Waals surface area contributed by atoms with E-state index in [2.05, 4.69) is 20.8 Å². The van der Waals surface area contributed by atoms with Crippen LogP contribution in [0.15, 0.2) is 83.4 Å². The third-order valence-electron chi connectivity index (χ3n) is 4.84. The molecule has 4 rings (SSSR count). The molecule has 3 aromatic carbocycles. The molecule has 0 atom stereocenters. The normalized spacial score (nSPS) is 10.6. The highest BCUT2D eigenvalue weighted by Gasteiger charge is 2.14. The van der Waals surface area contributed by atoms with Crippen LogP contribution in [0, 0.1) is 0 Å². The minimum atomic E-state index is -0.294. The summed E-state index contributed by atoms with van der Waals surface area (Å²) < 4.78 is 5.28. The standard InChI is InChI=1S/C25H21ClN4O3/c26-18-15-13-17(14-16-18)24-29-23(33-30-24)12-6-11-22(31)28-21-10-5-4-9-20(21)25(32)27-19-7-2-1-3-8-19/h1-5,7-10,13-16H,6,11-12H2,(H,27,32)(H,28,31). The van der Waals surface area contributed by atoms with Gasteiger partial charge in [0.2, 0.25) is 17.6 Å². The van der Waals surface area contributed by atoms with Crippen LogP contribution in [0.25, 0.3) is 11.4 Å². The van der Waals surface area contributed by atoms with Crippen LogP contribution in [0.5, 0.6) is 0 Å². The van der Waals surface area contributed by atoms with Gasteiger partial charge >= 0.3 is 0 Å². The van der Waals surface area contributed by atoms with Gasteiger partial charge in [-0.25, -0.2) is 0 Å². The molecule has 0 aliphatic carbocycles. The average molecular weight is 461 g/mol. The first kappa shape index (κ1) is 22.2. The number of halogens is 1. The highest BCUT2D eigenvalue weighted by molar-refractivity contribution is 6.30. The molecule has 0 spiro atoms. The molecule has 0 radical (unpaired) electrons. The number of hydrogen-bond acceptors (Lipinski definition) is 5. The molecule has 0 aliphatic rings. The second-order valence-electron chi connectivity index (χ2n) is 7.29. The summed E-state index contributed by atoms with van der Waals surface area (Å²) in [5, 5.41) is 10.3. The number of rotatable bonds is 8. The van der Waals surface area contributed by atoms with E-state index in [9.17, 15) is 9.59 Å². The lowest BCUT2D eigenvalue weighted by Crippen LogP contribution is -2.18. The van der Waals surface area contributed by atoms with Crippen molar-refractivity contribution in [2.45, 2.75) is 19.3 Å². The van der Waals surface area contributed by atoms with Gasteiger partial charge in [0, 0.05) is 29.1 Å². The summed E-state index contributed by atoms with van der Waals surface area (Å²) >= 11 is 5.90. The first-order valence-electron chi connectivity index (χ1n) is 10.4. The van der Waals surface area contributed by atoms with E-state index >= 15 is 0 Å². The highest BCUT2D eigenvalue weighted by atomic mass is 35.5. The van der Waals surface area contributed by atoms with Gasteiger partial charge in [-0.2, -0.15) is 4.98 Å². The van der Waals surface area contributed by atoms with E-state index in [-0.39, 0.29) is 18.2 Å². The predicted molar refractivity (Wildman–Crippen MR) is 127 cm³/mol. The molecular weight excluding hydrogens is 440 g/mol. The zero-order valence-corrected chi connectivity index (χ0v) is 18.4. The Labute approximate surface area is 195 Å². The Balaban J connectivity index is 1.31. The summed E-state index contributed by atoms with van der Waals surface area (Å²) in [5.41, 5.74) is 2.33. The first-order valence-corrected chi connectivity index (χ1v) is 10.8. The minimum Gasteiger partial charge on any atom is -0.339 e. The lowest BCUT2D eigenvalue weighted by molar-refractivity contribution is -0.116. The zero-order valence-electron chi connectivity index (χ0n) is 17.6. The van der Waals surface area contributed by atoms with Gasteiger partial charge in [-0.05, 0) is 55.0 Å². The van der Waals surface area contributed by atoms with Crippen molar-refractivity contribution in [3.63, 3.8) is 0 Å². The van der Waals surface area contributed by atoms with Crippen molar-refractivity contribution in [3.8, 4) is 11.4 Å². The SMILES string of the molecule is O=C(CCCc1nc(-c2ccc(Cl)cc2)no1)Nc1ccccc1C(=O)Nc1ccccc1. The van der Waals surface area contributed by atoms with Crippen molar-refractivity contribution in [2.24, 2.45) is 0 Å². The minimum absolute atomic E-state index is 0.201. The van der Waals surface area contributed by atoms with Gasteiger partial charge in [0.25, 0.3) is 5.91 Å². The number of hydrogen-bond donors (Lipinski definition) is 2. The summed E-state index contributed by atoms with van der Waals surface area (Å²) in [5.74, 6) is 0.435. The van der Waals surface area contributed by atoms with Crippen LogP contribution in [0.3, 0.4) is 0 Å². The van der Waals surface area contributed by atoms with Crippen molar-refractivity contribution in [1.82, 2.24) is 10.1 Å². The number of anilines is 2. The van der Waals surface area contributed by atoms with E-state index in [4.69, 9.17) is 16.1 Å². The molecule has 4 aromatic rings. The second kappa shape index (κ2) is 10.6. The molecule has 2 N–H and O–H groups in total. The van der Waals surface area contributed by atoms with Gasteiger partial charge in [0.1, 0.15) is 0 Å². The molecule has 7 nitrogen and oxygen atoms in total. The maximum Gasteiger partial charge on any atom is 0.257 e. The molecule has 0 fully saturated rings. The maximum absolute atomic E-state index is 12.7. The molecule has 0 aliphatic heterocycles. The summed E-state index contributed by atoms with van der Waals surface area (Å²) in [7, 11) is 0. The van der Waals surface area contributed by atoms with E-state index in [1.54, 1.807) is 48.5 Å². The summed E-state index contributed by atoms with van der Waals surface area (Å²) in [4.78, 5) is 29.5.